The van der Waals surface area contributed by atoms with E-state index >= 15 is 0 Å². The van der Waals surface area contributed by atoms with Gasteiger partial charge in [-0.05, 0) is 42.7 Å². The number of aliphatic hydroxyl groups is 1. The predicted molar refractivity (Wildman–Crippen MR) is 119 cm³/mol. The van der Waals surface area contributed by atoms with E-state index in [9.17, 15) is 23.5 Å². The minimum Gasteiger partial charge on any atom is -0.389 e. The Bertz CT molecular complexity index is 1000. The molecule has 7 nitrogen and oxygen atoms in total. The molecule has 2 N–H and O–H groups in total. The van der Waals surface area contributed by atoms with Crippen LogP contribution in [0.3, 0.4) is 0 Å². The fourth-order valence-corrected chi connectivity index (χ4v) is 4.45. The van der Waals surface area contributed by atoms with Gasteiger partial charge >= 0.3 is 0 Å². The first-order valence-corrected chi connectivity index (χ1v) is 11.4. The lowest BCUT2D eigenvalue weighted by molar-refractivity contribution is -0.151. The van der Waals surface area contributed by atoms with E-state index in [0.29, 0.717) is 12.8 Å². The van der Waals surface area contributed by atoms with Gasteiger partial charge in [-0.15, -0.1) is 0 Å². The Morgan fingerprint density at radius 2 is 1.82 bits per heavy atom. The summed E-state index contributed by atoms with van der Waals surface area (Å²) in [5, 5.41) is 13.1. The van der Waals surface area contributed by atoms with Crippen molar-refractivity contribution < 1.29 is 33.0 Å². The molecule has 2 fully saturated rings. The fourth-order valence-electron chi connectivity index (χ4n) is 4.45. The monoisotopic (exact) mass is 474 g/mol. The second-order valence-corrected chi connectivity index (χ2v) is 8.68. The van der Waals surface area contributed by atoms with Crippen molar-refractivity contribution in [1.29, 1.82) is 0 Å². The third-order valence-electron chi connectivity index (χ3n) is 6.16. The highest BCUT2D eigenvalue weighted by atomic mass is 19.1. The number of benzene rings is 2. The maximum atomic E-state index is 14.3. The van der Waals surface area contributed by atoms with Crippen molar-refractivity contribution in [3.05, 3.63) is 71.3 Å². The van der Waals surface area contributed by atoms with E-state index in [1.165, 1.54) is 35.2 Å². The van der Waals surface area contributed by atoms with E-state index in [1.807, 2.05) is 0 Å². The number of fused-ring (bicyclic) bond motifs is 1. The molecule has 2 amide bonds. The van der Waals surface area contributed by atoms with Gasteiger partial charge in [0.05, 0.1) is 43.4 Å². The van der Waals surface area contributed by atoms with Crippen molar-refractivity contribution in [2.24, 2.45) is 0 Å². The molecule has 0 unspecified atom stereocenters. The molecule has 0 bridgehead atoms. The summed E-state index contributed by atoms with van der Waals surface area (Å²) < 4.78 is 39.0. The summed E-state index contributed by atoms with van der Waals surface area (Å²) in [6.07, 6.45) is -0.598. The minimum absolute atomic E-state index is 0.000513. The number of carbonyl (C=O) groups is 2. The lowest BCUT2D eigenvalue weighted by Gasteiger charge is -2.44. The Kier molecular flexibility index (Phi) is 7.87. The normalized spacial score (nSPS) is 25.1. The predicted octanol–water partition coefficient (Wildman–Crippen LogP) is 2.42. The van der Waals surface area contributed by atoms with E-state index in [-0.39, 0.29) is 56.1 Å². The molecule has 182 valence electrons. The first kappa shape index (κ1) is 24.3. The standard InChI is InChI=1S/C25H28F2N2O5/c26-17-7-5-16(6-8-17)12-28-24(31)11-19-9-10-22-23(34-19)15-33-14-18(30)13-29(22)25(32)20-3-1-2-4-21(20)27/h1-8,18-19,22-23,30H,9-15H2,(H,28,31)/t18-,19-,22-,23+/m0/s1. The lowest BCUT2D eigenvalue weighted by atomic mass is 9.94. The van der Waals surface area contributed by atoms with Crippen LogP contribution < -0.4 is 5.32 Å². The Morgan fingerprint density at radius 3 is 2.59 bits per heavy atom. The number of hydrogen-bond donors (Lipinski definition) is 2. The van der Waals surface area contributed by atoms with Crippen LogP contribution in [0.2, 0.25) is 0 Å². The largest absolute Gasteiger partial charge is 0.389 e. The van der Waals surface area contributed by atoms with Crippen LogP contribution in [-0.4, -0.2) is 65.9 Å². The Balaban J connectivity index is 1.39. The number of halogens is 2. The molecule has 34 heavy (non-hydrogen) atoms. The van der Waals surface area contributed by atoms with Gasteiger partial charge in [0, 0.05) is 13.1 Å². The summed E-state index contributed by atoms with van der Waals surface area (Å²) in [7, 11) is 0. The molecule has 9 heteroatoms. The van der Waals surface area contributed by atoms with Gasteiger partial charge in [0.1, 0.15) is 17.7 Å². The number of aliphatic hydroxyl groups excluding tert-OH is 1. The van der Waals surface area contributed by atoms with Crippen molar-refractivity contribution in [2.75, 3.05) is 19.8 Å². The molecule has 2 heterocycles. The van der Waals surface area contributed by atoms with Crippen molar-refractivity contribution >= 4 is 11.8 Å². The summed E-state index contributed by atoms with van der Waals surface area (Å²) in [6.45, 7) is 0.456. The van der Waals surface area contributed by atoms with Gasteiger partial charge in [-0.3, -0.25) is 9.59 Å². The smallest absolute Gasteiger partial charge is 0.257 e. The molecule has 2 saturated heterocycles. The molecule has 2 aromatic rings. The van der Waals surface area contributed by atoms with Gasteiger partial charge in [-0.1, -0.05) is 24.3 Å². The molecule has 2 aliphatic heterocycles. The number of hydrogen-bond acceptors (Lipinski definition) is 5. The summed E-state index contributed by atoms with van der Waals surface area (Å²) >= 11 is 0. The van der Waals surface area contributed by atoms with Gasteiger partial charge in [0.15, 0.2) is 0 Å². The number of amides is 2. The number of β-amino-alcohol motifs (C(OH)–C–C–N with tert-alkyl or cyclic N) is 1. The molecule has 0 aliphatic carbocycles. The first-order chi connectivity index (χ1) is 16.4. The Labute approximate surface area is 196 Å². The van der Waals surface area contributed by atoms with Crippen molar-refractivity contribution in [1.82, 2.24) is 10.2 Å². The average molecular weight is 475 g/mol. The van der Waals surface area contributed by atoms with Gasteiger partial charge in [-0.25, -0.2) is 8.78 Å². The Morgan fingerprint density at radius 1 is 1.06 bits per heavy atom. The van der Waals surface area contributed by atoms with E-state index in [1.54, 1.807) is 18.2 Å². The maximum Gasteiger partial charge on any atom is 0.257 e. The first-order valence-electron chi connectivity index (χ1n) is 11.4. The molecule has 0 aromatic heterocycles. The summed E-state index contributed by atoms with van der Waals surface area (Å²) in [6, 6.07) is 11.2. The van der Waals surface area contributed by atoms with E-state index in [4.69, 9.17) is 9.47 Å². The molecular formula is C25H28F2N2O5. The summed E-state index contributed by atoms with van der Waals surface area (Å²) in [4.78, 5) is 27.1. The van der Waals surface area contributed by atoms with Crippen LogP contribution in [0.15, 0.2) is 48.5 Å². The SMILES string of the molecule is O=C(C[C@@H]1CC[C@H]2[C@@H](COC[C@@H](O)CN2C(=O)c2ccccc2F)O1)NCc1ccc(F)cc1. The second-order valence-electron chi connectivity index (χ2n) is 8.68. The van der Waals surface area contributed by atoms with Crippen LogP contribution in [0.5, 0.6) is 0 Å². The van der Waals surface area contributed by atoms with Gasteiger partial charge in [0.2, 0.25) is 5.91 Å². The van der Waals surface area contributed by atoms with Crippen LogP contribution in [-0.2, 0) is 20.8 Å². The molecule has 0 saturated carbocycles. The van der Waals surface area contributed by atoms with Crippen molar-refractivity contribution in [3.63, 3.8) is 0 Å². The van der Waals surface area contributed by atoms with Crippen LogP contribution in [0, 0.1) is 11.6 Å². The highest BCUT2D eigenvalue weighted by Gasteiger charge is 2.40. The Hall–Kier alpha value is -2.88. The quantitative estimate of drug-likeness (QED) is 0.695. The topological polar surface area (TPSA) is 88.1 Å². The fraction of sp³-hybridized carbons (Fsp3) is 0.440. The summed E-state index contributed by atoms with van der Waals surface area (Å²) in [5.74, 6) is -1.66. The van der Waals surface area contributed by atoms with Gasteiger partial charge in [0.25, 0.3) is 5.91 Å². The molecule has 4 atom stereocenters. The zero-order chi connectivity index (χ0) is 24.1. The van der Waals surface area contributed by atoms with Crippen LogP contribution in [0.1, 0.15) is 35.2 Å². The van der Waals surface area contributed by atoms with E-state index in [0.717, 1.165) is 5.56 Å². The maximum absolute atomic E-state index is 14.3. The molecule has 2 aromatic carbocycles. The van der Waals surface area contributed by atoms with E-state index in [2.05, 4.69) is 5.32 Å². The molecule has 4 rings (SSSR count). The van der Waals surface area contributed by atoms with Gasteiger partial charge < -0.3 is 24.8 Å². The van der Waals surface area contributed by atoms with Crippen LogP contribution in [0.25, 0.3) is 0 Å². The highest BCUT2D eigenvalue weighted by Crippen LogP contribution is 2.29. The van der Waals surface area contributed by atoms with Crippen molar-refractivity contribution in [3.8, 4) is 0 Å². The second kappa shape index (κ2) is 11.0. The third kappa shape index (κ3) is 5.97. The molecule has 2 aliphatic rings. The number of nitrogens with zero attached hydrogens (tertiary/aromatic N) is 1. The summed E-state index contributed by atoms with van der Waals surface area (Å²) in [5.41, 5.74) is 0.728. The van der Waals surface area contributed by atoms with Crippen LogP contribution in [0.4, 0.5) is 8.78 Å². The lowest BCUT2D eigenvalue weighted by Crippen LogP contribution is -2.57. The zero-order valence-corrected chi connectivity index (χ0v) is 18.7. The minimum atomic E-state index is -0.897. The number of nitrogens with one attached hydrogen (secondary N) is 1. The molecular weight excluding hydrogens is 446 g/mol. The number of rotatable bonds is 5. The number of ether oxygens (including phenoxy) is 2. The third-order valence-corrected chi connectivity index (χ3v) is 6.16. The number of carbonyl (C=O) groups excluding carboxylic acids is 2. The molecule has 0 spiro atoms. The van der Waals surface area contributed by atoms with Crippen molar-refractivity contribution in [2.45, 2.75) is 50.2 Å². The average Bonchev–Trinajstić information content (AvgIpc) is 2.81. The molecule has 0 radical (unpaired) electrons. The zero-order valence-electron chi connectivity index (χ0n) is 18.7. The van der Waals surface area contributed by atoms with Gasteiger partial charge in [-0.2, -0.15) is 0 Å². The van der Waals surface area contributed by atoms with Crippen LogP contribution >= 0.6 is 0 Å². The van der Waals surface area contributed by atoms with E-state index < -0.39 is 30.0 Å². The highest BCUT2D eigenvalue weighted by molar-refractivity contribution is 5.94.